The van der Waals surface area contributed by atoms with Crippen LogP contribution in [0.5, 0.6) is 0 Å². The van der Waals surface area contributed by atoms with Gasteiger partial charge in [-0.25, -0.2) is 4.79 Å². The van der Waals surface area contributed by atoms with Crippen molar-refractivity contribution in [2.24, 2.45) is 0 Å². The molecule has 0 spiro atoms. The molecule has 0 aliphatic carbocycles. The predicted octanol–water partition coefficient (Wildman–Crippen LogP) is 3.25. The average Bonchev–Trinajstić information content (AvgIpc) is 2.30. The van der Waals surface area contributed by atoms with Crippen LogP contribution in [-0.2, 0) is 4.18 Å². The van der Waals surface area contributed by atoms with E-state index in [4.69, 9.17) is 4.18 Å². The van der Waals surface area contributed by atoms with E-state index in [9.17, 15) is 4.79 Å². The van der Waals surface area contributed by atoms with Crippen molar-refractivity contribution >= 4 is 45.3 Å². The van der Waals surface area contributed by atoms with E-state index in [1.807, 2.05) is 13.0 Å². The second-order valence-corrected chi connectivity index (χ2v) is 4.68. The highest BCUT2D eigenvalue weighted by Crippen LogP contribution is 2.28. The summed E-state index contributed by atoms with van der Waals surface area (Å²) in [7, 11) is 0. The Morgan fingerprint density at radius 3 is 2.83 bits per heavy atom. The van der Waals surface area contributed by atoms with Crippen LogP contribution in [0, 0.1) is 6.92 Å². The van der Waals surface area contributed by atoms with Gasteiger partial charge in [0.1, 0.15) is 4.88 Å². The Balaban J connectivity index is 2.87. The van der Waals surface area contributed by atoms with Crippen LogP contribution in [0.15, 0.2) is 10.5 Å². The molecule has 0 fully saturated rings. The molecule has 12 heavy (non-hydrogen) atoms. The average molecular weight is 267 g/mol. The first-order valence-corrected chi connectivity index (χ1v) is 5.92. The van der Waals surface area contributed by atoms with Gasteiger partial charge in [-0.3, -0.25) is 0 Å². The molecule has 0 unspecified atom stereocenters. The van der Waals surface area contributed by atoms with Gasteiger partial charge < -0.3 is 4.18 Å². The topological polar surface area (TPSA) is 26.3 Å². The van der Waals surface area contributed by atoms with Gasteiger partial charge in [0.05, 0.1) is 12.0 Å². The SMILES string of the molecule is CSOC(=O)c1sc(C)cc1Br. The summed E-state index contributed by atoms with van der Waals surface area (Å²) in [6.45, 7) is 1.95. The summed E-state index contributed by atoms with van der Waals surface area (Å²) >= 11 is 5.77. The Labute approximate surface area is 87.6 Å². The Morgan fingerprint density at radius 2 is 2.42 bits per heavy atom. The molecule has 0 saturated heterocycles. The quantitative estimate of drug-likeness (QED) is 0.769. The van der Waals surface area contributed by atoms with E-state index in [-0.39, 0.29) is 5.97 Å². The molecule has 0 saturated carbocycles. The summed E-state index contributed by atoms with van der Waals surface area (Å²) in [5, 5.41) is 0. The highest BCUT2D eigenvalue weighted by atomic mass is 79.9. The maximum atomic E-state index is 11.2. The van der Waals surface area contributed by atoms with Crippen LogP contribution in [0.4, 0.5) is 0 Å². The van der Waals surface area contributed by atoms with Crippen LogP contribution >= 0.6 is 39.3 Å². The minimum absolute atomic E-state index is 0.285. The molecular formula is C7H7BrO2S2. The van der Waals surface area contributed by atoms with Gasteiger partial charge >= 0.3 is 5.97 Å². The van der Waals surface area contributed by atoms with E-state index in [1.165, 1.54) is 11.3 Å². The fraction of sp³-hybridized carbons (Fsp3) is 0.286. The molecule has 0 radical (unpaired) electrons. The molecule has 66 valence electrons. The first-order valence-electron chi connectivity index (χ1n) is 3.16. The monoisotopic (exact) mass is 266 g/mol. The van der Waals surface area contributed by atoms with Gasteiger partial charge in [0.15, 0.2) is 0 Å². The van der Waals surface area contributed by atoms with Crippen molar-refractivity contribution in [3.8, 4) is 0 Å². The van der Waals surface area contributed by atoms with Gasteiger partial charge in [0.2, 0.25) is 0 Å². The van der Waals surface area contributed by atoms with Gasteiger partial charge in [-0.2, -0.15) is 0 Å². The second-order valence-electron chi connectivity index (χ2n) is 2.07. The normalized spacial score (nSPS) is 9.92. The van der Waals surface area contributed by atoms with Gasteiger partial charge in [-0.1, -0.05) is 0 Å². The van der Waals surface area contributed by atoms with Crippen molar-refractivity contribution in [2.75, 3.05) is 6.26 Å². The Morgan fingerprint density at radius 1 is 1.75 bits per heavy atom. The summed E-state index contributed by atoms with van der Waals surface area (Å²) in [4.78, 5) is 12.9. The number of hydrogen-bond donors (Lipinski definition) is 0. The number of rotatable bonds is 2. The molecule has 0 bridgehead atoms. The van der Waals surface area contributed by atoms with Crippen LogP contribution in [0.3, 0.4) is 0 Å². The van der Waals surface area contributed by atoms with E-state index in [0.29, 0.717) is 4.88 Å². The summed E-state index contributed by atoms with van der Waals surface area (Å²) in [6, 6.07) is 1.90. The second kappa shape index (κ2) is 4.30. The van der Waals surface area contributed by atoms with Gasteiger partial charge in [-0.05, 0) is 28.9 Å². The number of carbonyl (C=O) groups excluding carboxylic acids is 1. The summed E-state index contributed by atoms with van der Waals surface area (Å²) in [5.74, 6) is -0.285. The van der Waals surface area contributed by atoms with Gasteiger partial charge in [-0.15, -0.1) is 11.3 Å². The van der Waals surface area contributed by atoms with E-state index in [1.54, 1.807) is 6.26 Å². The van der Waals surface area contributed by atoms with Crippen LogP contribution in [0.25, 0.3) is 0 Å². The lowest BCUT2D eigenvalue weighted by Crippen LogP contribution is -1.96. The molecule has 0 aromatic carbocycles. The molecule has 1 aromatic rings. The molecule has 5 heteroatoms. The zero-order valence-electron chi connectivity index (χ0n) is 6.59. The minimum Gasteiger partial charge on any atom is -0.387 e. The molecule has 1 aromatic heterocycles. The van der Waals surface area contributed by atoms with Gasteiger partial charge in [0, 0.05) is 15.6 Å². The molecule has 0 aliphatic rings. The van der Waals surface area contributed by atoms with Crippen molar-refractivity contribution in [2.45, 2.75) is 6.92 Å². The van der Waals surface area contributed by atoms with E-state index >= 15 is 0 Å². The number of aryl methyl sites for hydroxylation is 1. The Hall–Kier alpha value is -0.000000000000000111. The van der Waals surface area contributed by atoms with Crippen LogP contribution in [0.1, 0.15) is 14.5 Å². The van der Waals surface area contributed by atoms with Crippen LogP contribution in [0.2, 0.25) is 0 Å². The fourth-order valence-electron chi connectivity index (χ4n) is 0.736. The molecule has 0 amide bonds. The van der Waals surface area contributed by atoms with Crippen molar-refractivity contribution in [1.29, 1.82) is 0 Å². The molecule has 0 atom stereocenters. The zero-order valence-corrected chi connectivity index (χ0v) is 9.81. The summed E-state index contributed by atoms with van der Waals surface area (Å²) in [5.41, 5.74) is 0. The molecule has 1 rings (SSSR count). The first-order chi connectivity index (χ1) is 5.65. The van der Waals surface area contributed by atoms with E-state index < -0.39 is 0 Å². The number of thiophene rings is 1. The highest BCUT2D eigenvalue weighted by Gasteiger charge is 2.14. The molecular weight excluding hydrogens is 260 g/mol. The molecule has 1 heterocycles. The Bertz CT molecular complexity index is 296. The first kappa shape index (κ1) is 10.1. The number of hydrogen-bond acceptors (Lipinski definition) is 4. The third kappa shape index (κ3) is 2.24. The maximum Gasteiger partial charge on any atom is 0.361 e. The largest absolute Gasteiger partial charge is 0.387 e. The van der Waals surface area contributed by atoms with Crippen molar-refractivity contribution in [3.63, 3.8) is 0 Å². The number of halogens is 1. The van der Waals surface area contributed by atoms with Crippen LogP contribution in [-0.4, -0.2) is 12.2 Å². The molecule has 0 N–H and O–H groups in total. The minimum atomic E-state index is -0.285. The van der Waals surface area contributed by atoms with E-state index in [2.05, 4.69) is 15.9 Å². The maximum absolute atomic E-state index is 11.2. The van der Waals surface area contributed by atoms with Crippen molar-refractivity contribution in [3.05, 3.63) is 20.3 Å². The molecule has 2 nitrogen and oxygen atoms in total. The standard InChI is InChI=1S/C7H7BrO2S2/c1-4-3-5(8)6(12-4)7(9)10-11-2/h3H,1-2H3. The fourth-order valence-corrected chi connectivity index (χ4v) is 2.70. The predicted molar refractivity (Wildman–Crippen MR) is 55.7 cm³/mol. The third-order valence-corrected chi connectivity index (χ3v) is 3.39. The lowest BCUT2D eigenvalue weighted by atomic mass is 10.4. The highest BCUT2D eigenvalue weighted by molar-refractivity contribution is 9.10. The van der Waals surface area contributed by atoms with E-state index in [0.717, 1.165) is 21.4 Å². The van der Waals surface area contributed by atoms with Gasteiger partial charge in [0.25, 0.3) is 0 Å². The third-order valence-electron chi connectivity index (χ3n) is 1.15. The number of carbonyl (C=O) groups is 1. The van der Waals surface area contributed by atoms with Crippen LogP contribution < -0.4 is 0 Å². The lowest BCUT2D eigenvalue weighted by Gasteiger charge is -1.95. The Kier molecular flexibility index (Phi) is 3.61. The molecule has 0 aliphatic heterocycles. The smallest absolute Gasteiger partial charge is 0.361 e. The summed E-state index contributed by atoms with van der Waals surface area (Å²) in [6.07, 6.45) is 1.71. The lowest BCUT2D eigenvalue weighted by molar-refractivity contribution is 0.0773. The van der Waals surface area contributed by atoms with Crippen molar-refractivity contribution in [1.82, 2.24) is 0 Å². The zero-order chi connectivity index (χ0) is 9.14. The van der Waals surface area contributed by atoms with Crippen molar-refractivity contribution < 1.29 is 8.98 Å². The summed E-state index contributed by atoms with van der Waals surface area (Å²) < 4.78 is 5.59.